The molecule has 0 saturated heterocycles. The van der Waals surface area contributed by atoms with Gasteiger partial charge in [-0.1, -0.05) is 47.0 Å². The number of thioether (sulfide) groups is 1. The van der Waals surface area contributed by atoms with Gasteiger partial charge in [-0.25, -0.2) is 4.98 Å². The fourth-order valence-electron chi connectivity index (χ4n) is 2.68. The number of nitrogens with one attached hydrogen (secondary N) is 2. The van der Waals surface area contributed by atoms with Crippen LogP contribution in [-0.2, 0) is 4.79 Å². The second-order valence-corrected chi connectivity index (χ2v) is 7.27. The summed E-state index contributed by atoms with van der Waals surface area (Å²) < 4.78 is 1.02. The third-order valence-corrected chi connectivity index (χ3v) is 5.10. The lowest BCUT2D eigenvalue weighted by atomic mass is 9.95. The predicted octanol–water partition coefficient (Wildman–Crippen LogP) is 3.87. The number of halogens is 1. The van der Waals surface area contributed by atoms with Gasteiger partial charge in [-0.2, -0.15) is 0 Å². The lowest BCUT2D eigenvalue weighted by molar-refractivity contribution is -0.119. The molecule has 0 radical (unpaired) electrons. The van der Waals surface area contributed by atoms with Crippen LogP contribution in [0.5, 0.6) is 0 Å². The Bertz CT molecular complexity index is 637. The average Bonchev–Trinajstić information content (AvgIpc) is 2.88. The standard InChI is InChI=1S/C15H18BrN3OS/c16-10-6-7-12-13(8-10)19-15(18-12)21-9-14(20)17-11-4-2-1-3-5-11/h6-8,11H,1-5,9H2,(H,17,20)(H,18,19). The number of H-pyrrole nitrogens is 1. The van der Waals surface area contributed by atoms with E-state index in [1.54, 1.807) is 0 Å². The van der Waals surface area contributed by atoms with Gasteiger partial charge in [0.25, 0.3) is 0 Å². The SMILES string of the molecule is O=C(CSc1nc2ccc(Br)cc2[nH]1)NC1CCCCC1. The van der Waals surface area contributed by atoms with Gasteiger partial charge < -0.3 is 10.3 Å². The lowest BCUT2D eigenvalue weighted by Gasteiger charge is -2.22. The third kappa shape index (κ3) is 4.01. The van der Waals surface area contributed by atoms with Crippen LogP contribution in [0.4, 0.5) is 0 Å². The van der Waals surface area contributed by atoms with E-state index < -0.39 is 0 Å². The molecule has 1 aromatic carbocycles. The summed E-state index contributed by atoms with van der Waals surface area (Å²) in [6.07, 6.45) is 6.01. The van der Waals surface area contributed by atoms with Gasteiger partial charge in [0.05, 0.1) is 16.8 Å². The highest BCUT2D eigenvalue weighted by Crippen LogP contribution is 2.22. The van der Waals surface area contributed by atoms with Gasteiger partial charge in [-0.3, -0.25) is 4.79 Å². The molecule has 1 aliphatic rings. The molecule has 1 aliphatic carbocycles. The highest BCUT2D eigenvalue weighted by atomic mass is 79.9. The minimum absolute atomic E-state index is 0.105. The van der Waals surface area contributed by atoms with Crippen LogP contribution in [-0.4, -0.2) is 27.7 Å². The molecule has 1 amide bonds. The number of hydrogen-bond donors (Lipinski definition) is 2. The van der Waals surface area contributed by atoms with Crippen molar-refractivity contribution < 1.29 is 4.79 Å². The molecule has 3 rings (SSSR count). The van der Waals surface area contributed by atoms with Gasteiger partial charge in [-0.15, -0.1) is 0 Å². The number of nitrogens with zero attached hydrogens (tertiary/aromatic N) is 1. The van der Waals surface area contributed by atoms with Crippen molar-refractivity contribution in [2.75, 3.05) is 5.75 Å². The van der Waals surface area contributed by atoms with Crippen LogP contribution in [0.1, 0.15) is 32.1 Å². The number of amides is 1. The van der Waals surface area contributed by atoms with E-state index in [4.69, 9.17) is 0 Å². The maximum atomic E-state index is 12.0. The maximum Gasteiger partial charge on any atom is 0.230 e. The minimum atomic E-state index is 0.105. The molecule has 1 heterocycles. The number of carbonyl (C=O) groups excluding carboxylic acids is 1. The van der Waals surface area contributed by atoms with Crippen molar-refractivity contribution in [1.82, 2.24) is 15.3 Å². The normalized spacial score (nSPS) is 16.2. The summed E-state index contributed by atoms with van der Waals surface area (Å²) in [5.41, 5.74) is 1.91. The van der Waals surface area contributed by atoms with Gasteiger partial charge in [0.15, 0.2) is 5.16 Å². The van der Waals surface area contributed by atoms with Crippen molar-refractivity contribution in [3.8, 4) is 0 Å². The molecule has 1 saturated carbocycles. The summed E-state index contributed by atoms with van der Waals surface area (Å²) in [6, 6.07) is 6.29. The topological polar surface area (TPSA) is 57.8 Å². The predicted molar refractivity (Wildman–Crippen MR) is 89.5 cm³/mol. The molecule has 0 bridgehead atoms. The van der Waals surface area contributed by atoms with E-state index in [0.29, 0.717) is 11.8 Å². The first-order chi connectivity index (χ1) is 10.2. The quantitative estimate of drug-likeness (QED) is 0.806. The second kappa shape index (κ2) is 6.83. The summed E-state index contributed by atoms with van der Waals surface area (Å²) >= 11 is 4.90. The molecule has 1 fully saturated rings. The molecule has 2 aromatic rings. The van der Waals surface area contributed by atoms with Crippen LogP contribution in [0.2, 0.25) is 0 Å². The van der Waals surface area contributed by atoms with Crippen molar-refractivity contribution in [3.05, 3.63) is 22.7 Å². The first kappa shape index (κ1) is 14.9. The van der Waals surface area contributed by atoms with Crippen LogP contribution >= 0.6 is 27.7 Å². The maximum absolute atomic E-state index is 12.0. The van der Waals surface area contributed by atoms with Gasteiger partial charge in [0.2, 0.25) is 5.91 Å². The fourth-order valence-corrected chi connectivity index (χ4v) is 3.73. The van der Waals surface area contributed by atoms with Crippen molar-refractivity contribution >= 4 is 44.6 Å². The van der Waals surface area contributed by atoms with E-state index in [0.717, 1.165) is 33.5 Å². The van der Waals surface area contributed by atoms with E-state index in [-0.39, 0.29) is 5.91 Å². The van der Waals surface area contributed by atoms with Gasteiger partial charge in [0, 0.05) is 10.5 Å². The number of aromatic amines is 1. The summed E-state index contributed by atoms with van der Waals surface area (Å²) in [4.78, 5) is 19.7. The van der Waals surface area contributed by atoms with Gasteiger partial charge in [-0.05, 0) is 31.0 Å². The van der Waals surface area contributed by atoms with E-state index in [9.17, 15) is 4.79 Å². The Morgan fingerprint density at radius 1 is 1.38 bits per heavy atom. The minimum Gasteiger partial charge on any atom is -0.353 e. The van der Waals surface area contributed by atoms with Gasteiger partial charge in [0.1, 0.15) is 0 Å². The summed E-state index contributed by atoms with van der Waals surface area (Å²) in [7, 11) is 0. The van der Waals surface area contributed by atoms with E-state index in [1.807, 2.05) is 18.2 Å². The molecular formula is C15H18BrN3OS. The fraction of sp³-hybridized carbons (Fsp3) is 0.467. The molecule has 21 heavy (non-hydrogen) atoms. The molecule has 6 heteroatoms. The molecule has 0 unspecified atom stereocenters. The van der Waals surface area contributed by atoms with Crippen LogP contribution in [0, 0.1) is 0 Å². The lowest BCUT2D eigenvalue weighted by Crippen LogP contribution is -2.37. The van der Waals surface area contributed by atoms with Crippen LogP contribution in [0.25, 0.3) is 11.0 Å². The number of aromatic nitrogens is 2. The number of imidazole rings is 1. The summed E-state index contributed by atoms with van der Waals surface area (Å²) in [5.74, 6) is 0.519. The summed E-state index contributed by atoms with van der Waals surface area (Å²) in [5, 5.41) is 3.92. The smallest absolute Gasteiger partial charge is 0.230 e. The number of hydrogen-bond acceptors (Lipinski definition) is 3. The zero-order chi connectivity index (χ0) is 14.7. The number of benzene rings is 1. The molecular weight excluding hydrogens is 350 g/mol. The van der Waals surface area contributed by atoms with E-state index in [1.165, 1.54) is 31.0 Å². The zero-order valence-electron chi connectivity index (χ0n) is 11.7. The first-order valence-corrected chi connectivity index (χ1v) is 9.06. The second-order valence-electron chi connectivity index (χ2n) is 5.39. The zero-order valence-corrected chi connectivity index (χ0v) is 14.1. The molecule has 1 aromatic heterocycles. The molecule has 2 N–H and O–H groups in total. The Morgan fingerprint density at radius 2 is 2.19 bits per heavy atom. The van der Waals surface area contributed by atoms with Crippen LogP contribution < -0.4 is 5.32 Å². The van der Waals surface area contributed by atoms with Crippen LogP contribution in [0.15, 0.2) is 27.8 Å². The van der Waals surface area contributed by atoms with Crippen molar-refractivity contribution in [2.45, 2.75) is 43.3 Å². The highest BCUT2D eigenvalue weighted by Gasteiger charge is 2.16. The first-order valence-electron chi connectivity index (χ1n) is 7.28. The average molecular weight is 368 g/mol. The van der Waals surface area contributed by atoms with Gasteiger partial charge >= 0.3 is 0 Å². The highest BCUT2D eigenvalue weighted by molar-refractivity contribution is 9.10. The Labute approximate surface area is 136 Å². The number of rotatable bonds is 4. The molecule has 112 valence electrons. The Balaban J connectivity index is 1.54. The molecule has 0 atom stereocenters. The van der Waals surface area contributed by atoms with Crippen LogP contribution in [0.3, 0.4) is 0 Å². The number of fused-ring (bicyclic) bond motifs is 1. The summed E-state index contributed by atoms with van der Waals surface area (Å²) in [6.45, 7) is 0. The van der Waals surface area contributed by atoms with E-state index >= 15 is 0 Å². The van der Waals surface area contributed by atoms with E-state index in [2.05, 4.69) is 31.2 Å². The molecule has 4 nitrogen and oxygen atoms in total. The Hall–Kier alpha value is -1.01. The molecule has 0 spiro atoms. The monoisotopic (exact) mass is 367 g/mol. The van der Waals surface area contributed by atoms with Crippen molar-refractivity contribution in [1.29, 1.82) is 0 Å². The Kier molecular flexibility index (Phi) is 4.85. The third-order valence-electron chi connectivity index (χ3n) is 3.73. The van der Waals surface area contributed by atoms with Crippen molar-refractivity contribution in [3.63, 3.8) is 0 Å². The van der Waals surface area contributed by atoms with Crippen molar-refractivity contribution in [2.24, 2.45) is 0 Å². The Morgan fingerprint density at radius 3 is 3.00 bits per heavy atom. The number of carbonyl (C=O) groups is 1. The molecule has 0 aliphatic heterocycles. The largest absolute Gasteiger partial charge is 0.353 e.